The number of carbonyl (C=O) groups excluding carboxylic acids is 1. The Bertz CT molecular complexity index is 436. The number of hydrogen-bond donors (Lipinski definition) is 2. The molecular weight excluding hydrogens is 242 g/mol. The highest BCUT2D eigenvalue weighted by Gasteiger charge is 2.55. The second-order valence-electron chi connectivity index (χ2n) is 5.55. The smallest absolute Gasteiger partial charge is 0.407 e. The molecular formula is C15H19NO3. The summed E-state index contributed by atoms with van der Waals surface area (Å²) in [7, 11) is 0. The number of benzene rings is 1. The molecule has 0 saturated heterocycles. The Hall–Kier alpha value is -1.55. The predicted molar refractivity (Wildman–Crippen MR) is 70.3 cm³/mol. The minimum atomic E-state index is -0.337. The van der Waals surface area contributed by atoms with Crippen molar-refractivity contribution in [2.24, 2.45) is 17.8 Å². The maximum Gasteiger partial charge on any atom is 0.407 e. The van der Waals surface area contributed by atoms with Gasteiger partial charge < -0.3 is 15.2 Å². The first kappa shape index (κ1) is 12.5. The second-order valence-corrected chi connectivity index (χ2v) is 5.55. The maximum absolute atomic E-state index is 11.7. The Balaban J connectivity index is 1.39. The first-order valence-corrected chi connectivity index (χ1v) is 6.86. The Morgan fingerprint density at radius 1 is 1.26 bits per heavy atom. The first-order valence-electron chi connectivity index (χ1n) is 6.86. The summed E-state index contributed by atoms with van der Waals surface area (Å²) in [6.07, 6.45) is 1.63. The highest BCUT2D eigenvalue weighted by atomic mass is 16.5. The van der Waals surface area contributed by atoms with Gasteiger partial charge in [-0.05, 0) is 36.2 Å². The van der Waals surface area contributed by atoms with E-state index in [4.69, 9.17) is 9.84 Å². The average Bonchev–Trinajstić information content (AvgIpc) is 2.92. The van der Waals surface area contributed by atoms with Crippen LogP contribution in [0.3, 0.4) is 0 Å². The van der Waals surface area contributed by atoms with Crippen LogP contribution in [0.2, 0.25) is 0 Å². The molecule has 2 unspecified atom stereocenters. The van der Waals surface area contributed by atoms with Crippen LogP contribution in [0.25, 0.3) is 0 Å². The number of aliphatic hydroxyl groups excluding tert-OH is 1. The molecule has 0 heterocycles. The van der Waals surface area contributed by atoms with E-state index in [2.05, 4.69) is 5.32 Å². The van der Waals surface area contributed by atoms with Gasteiger partial charge in [-0.2, -0.15) is 0 Å². The van der Waals surface area contributed by atoms with Gasteiger partial charge in [0, 0.05) is 12.6 Å². The van der Waals surface area contributed by atoms with Gasteiger partial charge in [-0.3, -0.25) is 0 Å². The highest BCUT2D eigenvalue weighted by molar-refractivity contribution is 5.67. The zero-order chi connectivity index (χ0) is 13.2. The third-order valence-corrected chi connectivity index (χ3v) is 4.37. The molecule has 4 nitrogen and oxygen atoms in total. The fraction of sp³-hybridized carbons (Fsp3) is 0.533. The van der Waals surface area contributed by atoms with Crippen LogP contribution in [0, 0.1) is 17.8 Å². The predicted octanol–water partition coefficient (Wildman–Crippen LogP) is 1.93. The molecule has 1 aromatic rings. The van der Waals surface area contributed by atoms with Crippen molar-refractivity contribution in [2.45, 2.75) is 25.5 Å². The van der Waals surface area contributed by atoms with Crippen LogP contribution in [0.4, 0.5) is 4.79 Å². The summed E-state index contributed by atoms with van der Waals surface area (Å²) < 4.78 is 5.19. The molecule has 1 aromatic carbocycles. The number of amides is 1. The minimum absolute atomic E-state index is 0.223. The van der Waals surface area contributed by atoms with Gasteiger partial charge in [0.2, 0.25) is 0 Å². The van der Waals surface area contributed by atoms with Crippen molar-refractivity contribution in [1.82, 2.24) is 5.32 Å². The van der Waals surface area contributed by atoms with Crippen molar-refractivity contribution in [1.29, 1.82) is 0 Å². The zero-order valence-corrected chi connectivity index (χ0v) is 10.8. The molecule has 2 aliphatic carbocycles. The Morgan fingerprint density at radius 2 is 1.95 bits per heavy atom. The van der Waals surface area contributed by atoms with Crippen LogP contribution < -0.4 is 5.32 Å². The van der Waals surface area contributed by atoms with E-state index in [-0.39, 0.29) is 12.1 Å². The van der Waals surface area contributed by atoms with Crippen LogP contribution in [0.5, 0.6) is 0 Å². The van der Waals surface area contributed by atoms with Crippen molar-refractivity contribution in [3.05, 3.63) is 35.9 Å². The van der Waals surface area contributed by atoms with E-state index in [1.165, 1.54) is 0 Å². The average molecular weight is 261 g/mol. The maximum atomic E-state index is 11.7. The van der Waals surface area contributed by atoms with Crippen LogP contribution >= 0.6 is 0 Å². The normalized spacial score (nSPS) is 31.6. The first-order chi connectivity index (χ1) is 9.28. The largest absolute Gasteiger partial charge is 0.445 e. The number of nitrogens with one attached hydrogen (secondary N) is 1. The van der Waals surface area contributed by atoms with E-state index < -0.39 is 0 Å². The second kappa shape index (κ2) is 5.21. The molecule has 0 radical (unpaired) electrons. The number of fused-ring (bicyclic) bond motifs is 1. The van der Waals surface area contributed by atoms with Gasteiger partial charge in [0.05, 0.1) is 0 Å². The van der Waals surface area contributed by atoms with Gasteiger partial charge >= 0.3 is 6.09 Å². The van der Waals surface area contributed by atoms with Gasteiger partial charge in [-0.15, -0.1) is 0 Å². The lowest BCUT2D eigenvalue weighted by atomic mass is 10.1. The number of ether oxygens (including phenoxy) is 1. The fourth-order valence-corrected chi connectivity index (χ4v) is 3.30. The van der Waals surface area contributed by atoms with Crippen molar-refractivity contribution in [2.75, 3.05) is 6.61 Å². The van der Waals surface area contributed by atoms with Crippen molar-refractivity contribution in [3.63, 3.8) is 0 Å². The molecule has 3 rings (SSSR count). The number of hydrogen-bond acceptors (Lipinski definition) is 3. The molecule has 2 atom stereocenters. The van der Waals surface area contributed by atoms with Gasteiger partial charge in [0.25, 0.3) is 0 Å². The molecule has 2 aliphatic rings. The van der Waals surface area contributed by atoms with Crippen LogP contribution in [0.1, 0.15) is 18.4 Å². The summed E-state index contributed by atoms with van der Waals surface area (Å²) in [6.45, 7) is 0.603. The van der Waals surface area contributed by atoms with E-state index in [1.807, 2.05) is 30.3 Å². The summed E-state index contributed by atoms with van der Waals surface area (Å²) >= 11 is 0. The van der Waals surface area contributed by atoms with Gasteiger partial charge in [0.1, 0.15) is 6.61 Å². The van der Waals surface area contributed by atoms with Crippen molar-refractivity contribution < 1.29 is 14.6 Å². The van der Waals surface area contributed by atoms with E-state index in [0.29, 0.717) is 31.0 Å². The number of alkyl carbamates (subject to hydrolysis) is 1. The molecule has 0 bridgehead atoms. The van der Waals surface area contributed by atoms with Gasteiger partial charge in [-0.1, -0.05) is 30.3 Å². The van der Waals surface area contributed by atoms with Crippen molar-refractivity contribution in [3.8, 4) is 0 Å². The van der Waals surface area contributed by atoms with E-state index >= 15 is 0 Å². The summed E-state index contributed by atoms with van der Waals surface area (Å²) in [6, 6.07) is 9.88. The lowest BCUT2D eigenvalue weighted by molar-refractivity contribution is 0.134. The Morgan fingerprint density at radius 3 is 2.58 bits per heavy atom. The van der Waals surface area contributed by atoms with E-state index in [9.17, 15) is 4.79 Å². The van der Waals surface area contributed by atoms with E-state index in [1.54, 1.807) is 0 Å². The molecule has 2 N–H and O–H groups in total. The topological polar surface area (TPSA) is 58.6 Å². The number of aliphatic hydroxyl groups is 1. The molecule has 0 aliphatic heterocycles. The lowest BCUT2D eigenvalue weighted by Gasteiger charge is -2.15. The Labute approximate surface area is 112 Å². The highest BCUT2D eigenvalue weighted by Crippen LogP contribution is 2.57. The molecule has 2 fully saturated rings. The molecule has 0 aromatic heterocycles. The van der Waals surface area contributed by atoms with Crippen molar-refractivity contribution >= 4 is 6.09 Å². The molecule has 2 saturated carbocycles. The molecule has 4 heteroatoms. The third kappa shape index (κ3) is 2.73. The van der Waals surface area contributed by atoms with Crippen LogP contribution in [-0.4, -0.2) is 23.8 Å². The number of rotatable bonds is 4. The summed E-state index contributed by atoms with van der Waals surface area (Å²) in [5.74, 6) is 1.72. The zero-order valence-electron chi connectivity index (χ0n) is 10.8. The molecule has 102 valence electrons. The summed E-state index contributed by atoms with van der Waals surface area (Å²) in [4.78, 5) is 11.7. The third-order valence-electron chi connectivity index (χ3n) is 4.37. The lowest BCUT2D eigenvalue weighted by Crippen LogP contribution is -2.34. The molecule has 1 amide bonds. The molecule has 19 heavy (non-hydrogen) atoms. The fourth-order valence-electron chi connectivity index (χ4n) is 3.30. The number of carbonyl (C=O) groups is 1. The summed E-state index contributed by atoms with van der Waals surface area (Å²) in [5, 5.41) is 12.0. The minimum Gasteiger partial charge on any atom is -0.445 e. The molecule has 0 spiro atoms. The SMILES string of the molecule is O=C(NC1CC2C(CO)C2C1)OCc1ccccc1. The summed E-state index contributed by atoms with van der Waals surface area (Å²) in [5.41, 5.74) is 0.993. The van der Waals surface area contributed by atoms with Gasteiger partial charge in [0.15, 0.2) is 0 Å². The Kier molecular flexibility index (Phi) is 3.42. The standard InChI is InChI=1S/C15H19NO3/c17-8-14-12-6-11(7-13(12)14)16-15(18)19-9-10-4-2-1-3-5-10/h1-5,11-14,17H,6-9H2,(H,16,18). The van der Waals surface area contributed by atoms with Crippen LogP contribution in [0.15, 0.2) is 30.3 Å². The quantitative estimate of drug-likeness (QED) is 0.870. The van der Waals surface area contributed by atoms with E-state index in [0.717, 1.165) is 18.4 Å². The van der Waals surface area contributed by atoms with Crippen LogP contribution in [-0.2, 0) is 11.3 Å². The monoisotopic (exact) mass is 261 g/mol. The van der Waals surface area contributed by atoms with Gasteiger partial charge in [-0.25, -0.2) is 4.79 Å².